The molecular formula is C13H14ClN3O3. The van der Waals surface area contributed by atoms with Crippen LogP contribution in [-0.2, 0) is 9.59 Å². The van der Waals surface area contributed by atoms with Crippen molar-refractivity contribution in [3.05, 3.63) is 23.0 Å². The Labute approximate surface area is 120 Å². The van der Waals surface area contributed by atoms with Crippen molar-refractivity contribution in [3.63, 3.8) is 0 Å². The van der Waals surface area contributed by atoms with Crippen molar-refractivity contribution in [1.29, 1.82) is 0 Å². The van der Waals surface area contributed by atoms with Gasteiger partial charge in [0.2, 0.25) is 11.8 Å². The summed E-state index contributed by atoms with van der Waals surface area (Å²) in [5.74, 6) is -1.09. The molecule has 1 atom stereocenters. The molecular weight excluding hydrogens is 282 g/mol. The molecule has 2 fully saturated rings. The number of halogens is 1. The molecule has 1 unspecified atom stereocenters. The average Bonchev–Trinajstić information content (AvgIpc) is 3.16. The zero-order chi connectivity index (χ0) is 14.3. The van der Waals surface area contributed by atoms with Gasteiger partial charge in [0.25, 0.3) is 5.91 Å². The Morgan fingerprint density at radius 2 is 2.10 bits per heavy atom. The van der Waals surface area contributed by atoms with Gasteiger partial charge < -0.3 is 9.88 Å². The smallest absolute Gasteiger partial charge is 0.268 e. The fraction of sp³-hybridized carbons (Fsp3) is 0.462. The molecule has 2 N–H and O–H groups in total. The van der Waals surface area contributed by atoms with Crippen molar-refractivity contribution < 1.29 is 14.4 Å². The Kier molecular flexibility index (Phi) is 3.25. The molecule has 1 aromatic heterocycles. The minimum Gasteiger partial charge on any atom is -0.339 e. The normalized spacial score (nSPS) is 22.6. The van der Waals surface area contributed by atoms with Gasteiger partial charge in [0.15, 0.2) is 0 Å². The molecule has 1 aliphatic carbocycles. The summed E-state index contributed by atoms with van der Waals surface area (Å²) in [6.45, 7) is 0. The van der Waals surface area contributed by atoms with Crippen LogP contribution in [0.5, 0.6) is 0 Å². The summed E-state index contributed by atoms with van der Waals surface area (Å²) in [5, 5.41) is 5.38. The van der Waals surface area contributed by atoms with Gasteiger partial charge in [-0.1, -0.05) is 11.6 Å². The van der Waals surface area contributed by atoms with Gasteiger partial charge in [-0.25, -0.2) is 0 Å². The molecule has 7 heteroatoms. The molecule has 106 valence electrons. The highest BCUT2D eigenvalue weighted by atomic mass is 35.5. The van der Waals surface area contributed by atoms with Gasteiger partial charge in [-0.15, -0.1) is 0 Å². The summed E-state index contributed by atoms with van der Waals surface area (Å²) in [5.41, 5.74) is 0.460. The number of piperidine rings is 1. The van der Waals surface area contributed by atoms with Crippen LogP contribution in [0, 0.1) is 0 Å². The molecule has 6 nitrogen and oxygen atoms in total. The van der Waals surface area contributed by atoms with Gasteiger partial charge in [-0.3, -0.25) is 19.7 Å². The number of hydrogen-bond acceptors (Lipinski definition) is 3. The van der Waals surface area contributed by atoms with Crippen molar-refractivity contribution in [2.24, 2.45) is 0 Å². The van der Waals surface area contributed by atoms with Crippen LogP contribution >= 0.6 is 11.6 Å². The lowest BCUT2D eigenvalue weighted by molar-refractivity contribution is -0.134. The van der Waals surface area contributed by atoms with Crippen LogP contribution < -0.4 is 10.6 Å². The van der Waals surface area contributed by atoms with Gasteiger partial charge in [0.1, 0.15) is 11.7 Å². The van der Waals surface area contributed by atoms with Gasteiger partial charge in [0, 0.05) is 18.7 Å². The standard InChI is InChI=1S/C13H14ClN3O3/c14-7-5-10(17(6-7)8-1-2-8)13(20)15-9-3-4-11(18)16-12(9)19/h5-6,8-9H,1-4H2,(H,15,20)(H,16,18,19). The lowest BCUT2D eigenvalue weighted by Crippen LogP contribution is -2.52. The van der Waals surface area contributed by atoms with E-state index in [9.17, 15) is 14.4 Å². The van der Waals surface area contributed by atoms with E-state index in [-0.39, 0.29) is 18.2 Å². The zero-order valence-electron chi connectivity index (χ0n) is 10.7. The number of amides is 3. The van der Waals surface area contributed by atoms with Crippen LogP contribution in [0.4, 0.5) is 0 Å². The van der Waals surface area contributed by atoms with E-state index >= 15 is 0 Å². The lowest BCUT2D eigenvalue weighted by Gasteiger charge is -2.22. The molecule has 2 aliphatic rings. The van der Waals surface area contributed by atoms with Crippen LogP contribution in [0.25, 0.3) is 0 Å². The first kappa shape index (κ1) is 13.2. The third kappa shape index (κ3) is 2.56. The molecule has 1 aromatic rings. The highest BCUT2D eigenvalue weighted by Gasteiger charge is 2.31. The van der Waals surface area contributed by atoms with E-state index < -0.39 is 11.9 Å². The third-order valence-corrected chi connectivity index (χ3v) is 3.74. The molecule has 2 heterocycles. The predicted octanol–water partition coefficient (Wildman–Crippen LogP) is 1.01. The first-order valence-corrected chi connectivity index (χ1v) is 6.94. The fourth-order valence-electron chi connectivity index (χ4n) is 2.35. The largest absolute Gasteiger partial charge is 0.339 e. The van der Waals surface area contributed by atoms with Crippen LogP contribution in [0.1, 0.15) is 42.2 Å². The maximum atomic E-state index is 12.3. The Morgan fingerprint density at radius 1 is 1.35 bits per heavy atom. The van der Waals surface area contributed by atoms with Crippen molar-refractivity contribution >= 4 is 29.3 Å². The molecule has 0 spiro atoms. The van der Waals surface area contributed by atoms with E-state index in [1.54, 1.807) is 12.3 Å². The topological polar surface area (TPSA) is 80.2 Å². The number of hydrogen-bond donors (Lipinski definition) is 2. The summed E-state index contributed by atoms with van der Waals surface area (Å²) in [6, 6.07) is 1.26. The maximum Gasteiger partial charge on any atom is 0.268 e. The van der Waals surface area contributed by atoms with Gasteiger partial charge in [0.05, 0.1) is 5.02 Å². The number of aromatic nitrogens is 1. The van der Waals surface area contributed by atoms with E-state index in [0.29, 0.717) is 23.2 Å². The summed E-state index contributed by atoms with van der Waals surface area (Å²) in [6.07, 6.45) is 4.36. The van der Waals surface area contributed by atoms with Crippen molar-refractivity contribution in [2.75, 3.05) is 0 Å². The molecule has 20 heavy (non-hydrogen) atoms. The summed E-state index contributed by atoms with van der Waals surface area (Å²) in [4.78, 5) is 34.9. The second-order valence-corrected chi connectivity index (χ2v) is 5.60. The van der Waals surface area contributed by atoms with Crippen molar-refractivity contribution in [2.45, 2.75) is 37.8 Å². The highest BCUT2D eigenvalue weighted by molar-refractivity contribution is 6.31. The van der Waals surface area contributed by atoms with Crippen LogP contribution in [-0.4, -0.2) is 28.3 Å². The number of nitrogens with zero attached hydrogens (tertiary/aromatic N) is 1. The monoisotopic (exact) mass is 295 g/mol. The Balaban J connectivity index is 1.73. The minimum atomic E-state index is -0.665. The van der Waals surface area contributed by atoms with E-state index in [1.165, 1.54) is 0 Å². The van der Waals surface area contributed by atoms with Crippen molar-refractivity contribution in [3.8, 4) is 0 Å². The van der Waals surface area contributed by atoms with Gasteiger partial charge in [-0.2, -0.15) is 0 Å². The Bertz CT molecular complexity index is 592. The summed E-state index contributed by atoms with van der Waals surface area (Å²) < 4.78 is 1.85. The molecule has 0 bridgehead atoms. The molecule has 1 saturated carbocycles. The maximum absolute atomic E-state index is 12.3. The number of carbonyl (C=O) groups excluding carboxylic acids is 3. The fourth-order valence-corrected chi connectivity index (χ4v) is 2.55. The Hall–Kier alpha value is -1.82. The molecule has 0 aromatic carbocycles. The van der Waals surface area contributed by atoms with E-state index in [0.717, 1.165) is 12.8 Å². The second-order valence-electron chi connectivity index (χ2n) is 5.16. The number of carbonyl (C=O) groups is 3. The molecule has 1 aliphatic heterocycles. The van der Waals surface area contributed by atoms with Crippen LogP contribution in [0.3, 0.4) is 0 Å². The van der Waals surface area contributed by atoms with E-state index in [4.69, 9.17) is 11.6 Å². The molecule has 3 amide bonds. The quantitative estimate of drug-likeness (QED) is 0.817. The highest BCUT2D eigenvalue weighted by Crippen LogP contribution is 2.37. The van der Waals surface area contributed by atoms with Crippen molar-refractivity contribution in [1.82, 2.24) is 15.2 Å². The number of imide groups is 1. The van der Waals surface area contributed by atoms with Gasteiger partial charge >= 0.3 is 0 Å². The SMILES string of the molecule is O=C1CCC(NC(=O)c2cc(Cl)cn2C2CC2)C(=O)N1. The molecule has 1 saturated heterocycles. The molecule has 0 radical (unpaired) electrons. The van der Waals surface area contributed by atoms with E-state index in [2.05, 4.69) is 10.6 Å². The summed E-state index contributed by atoms with van der Waals surface area (Å²) >= 11 is 5.95. The minimum absolute atomic E-state index is 0.237. The first-order valence-electron chi connectivity index (χ1n) is 6.56. The summed E-state index contributed by atoms with van der Waals surface area (Å²) in [7, 11) is 0. The third-order valence-electron chi connectivity index (χ3n) is 3.53. The Morgan fingerprint density at radius 3 is 2.75 bits per heavy atom. The number of nitrogens with one attached hydrogen (secondary N) is 2. The lowest BCUT2D eigenvalue weighted by atomic mass is 10.1. The predicted molar refractivity (Wildman–Crippen MR) is 71.4 cm³/mol. The van der Waals surface area contributed by atoms with Crippen LogP contribution in [0.15, 0.2) is 12.3 Å². The van der Waals surface area contributed by atoms with Gasteiger partial charge in [-0.05, 0) is 25.3 Å². The number of rotatable bonds is 3. The second kappa shape index (κ2) is 4.94. The van der Waals surface area contributed by atoms with E-state index in [1.807, 2.05) is 4.57 Å². The first-order chi connectivity index (χ1) is 9.54. The van der Waals surface area contributed by atoms with Crippen LogP contribution in [0.2, 0.25) is 5.02 Å². The molecule has 3 rings (SSSR count). The zero-order valence-corrected chi connectivity index (χ0v) is 11.4. The average molecular weight is 296 g/mol.